The molecule has 0 N–H and O–H groups in total. The van der Waals surface area contributed by atoms with E-state index in [0.29, 0.717) is 34.6 Å². The number of hydrogen-bond acceptors (Lipinski definition) is 3. The van der Waals surface area contributed by atoms with Crippen molar-refractivity contribution in [2.45, 2.75) is 13.8 Å². The van der Waals surface area contributed by atoms with Gasteiger partial charge in [0.25, 0.3) is 0 Å². The molecule has 0 spiro atoms. The lowest BCUT2D eigenvalue weighted by atomic mass is 10.1. The summed E-state index contributed by atoms with van der Waals surface area (Å²) in [4.78, 5) is 22.1. The van der Waals surface area contributed by atoms with E-state index in [0.717, 1.165) is 0 Å². The van der Waals surface area contributed by atoms with E-state index < -0.39 is 5.97 Å². The molecular weight excluding hydrogens is 216 g/mol. The highest BCUT2D eigenvalue weighted by Gasteiger charge is 2.11. The number of hydrogen-bond donors (Lipinski definition) is 0. The van der Waals surface area contributed by atoms with E-state index in [4.69, 9.17) is 16.3 Å². The van der Waals surface area contributed by atoms with E-state index in [2.05, 4.69) is 0 Å². The van der Waals surface area contributed by atoms with Gasteiger partial charge in [0.1, 0.15) is 6.29 Å². The third kappa shape index (κ3) is 2.57. The normalized spacial score (nSPS) is 9.80. The smallest absolute Gasteiger partial charge is 0.338 e. The zero-order chi connectivity index (χ0) is 11.4. The predicted molar refractivity (Wildman–Crippen MR) is 57.5 cm³/mol. The Morgan fingerprint density at radius 3 is 2.73 bits per heavy atom. The topological polar surface area (TPSA) is 43.4 Å². The maximum atomic E-state index is 11.4. The zero-order valence-corrected chi connectivity index (χ0v) is 9.30. The van der Waals surface area contributed by atoms with Gasteiger partial charge >= 0.3 is 5.97 Å². The van der Waals surface area contributed by atoms with Gasteiger partial charge in [-0.1, -0.05) is 11.6 Å². The molecule has 1 aromatic rings. The lowest BCUT2D eigenvalue weighted by Gasteiger charge is -2.06. The van der Waals surface area contributed by atoms with E-state index in [9.17, 15) is 9.59 Å². The van der Waals surface area contributed by atoms with Gasteiger partial charge in [0.05, 0.1) is 12.2 Å². The van der Waals surface area contributed by atoms with Gasteiger partial charge in [-0.15, -0.1) is 0 Å². The quantitative estimate of drug-likeness (QED) is 0.588. The molecule has 3 nitrogen and oxygen atoms in total. The van der Waals surface area contributed by atoms with Crippen molar-refractivity contribution in [3.05, 3.63) is 33.8 Å². The number of ether oxygens (including phenoxy) is 1. The molecule has 0 bridgehead atoms. The summed E-state index contributed by atoms with van der Waals surface area (Å²) in [5.74, 6) is -0.470. The first-order chi connectivity index (χ1) is 7.10. The highest BCUT2D eigenvalue weighted by atomic mass is 35.5. The fourth-order valence-electron chi connectivity index (χ4n) is 1.15. The van der Waals surface area contributed by atoms with Crippen LogP contribution in [0.5, 0.6) is 0 Å². The van der Waals surface area contributed by atoms with Crippen LogP contribution in [0, 0.1) is 6.92 Å². The lowest BCUT2D eigenvalue weighted by Crippen LogP contribution is -2.06. The highest BCUT2D eigenvalue weighted by Crippen LogP contribution is 2.21. The third-order valence-electron chi connectivity index (χ3n) is 2.02. The number of carbonyl (C=O) groups is 2. The second-order valence-corrected chi connectivity index (χ2v) is 3.42. The molecule has 0 aliphatic rings. The number of benzene rings is 1. The van der Waals surface area contributed by atoms with Crippen molar-refractivity contribution in [3.63, 3.8) is 0 Å². The van der Waals surface area contributed by atoms with Crippen LogP contribution >= 0.6 is 11.6 Å². The second kappa shape index (κ2) is 4.94. The molecule has 15 heavy (non-hydrogen) atoms. The Kier molecular flexibility index (Phi) is 3.86. The summed E-state index contributed by atoms with van der Waals surface area (Å²) >= 11 is 5.88. The van der Waals surface area contributed by atoms with Gasteiger partial charge in [0.15, 0.2) is 0 Å². The van der Waals surface area contributed by atoms with Crippen LogP contribution in [0.25, 0.3) is 0 Å². The van der Waals surface area contributed by atoms with Crippen molar-refractivity contribution in [3.8, 4) is 0 Å². The third-order valence-corrected chi connectivity index (χ3v) is 2.42. The molecule has 0 aliphatic heterocycles. The van der Waals surface area contributed by atoms with Crippen LogP contribution in [0.15, 0.2) is 12.1 Å². The second-order valence-electron chi connectivity index (χ2n) is 3.01. The largest absolute Gasteiger partial charge is 0.462 e. The number of carbonyl (C=O) groups excluding carboxylic acids is 2. The summed E-state index contributed by atoms with van der Waals surface area (Å²) in [7, 11) is 0. The highest BCUT2D eigenvalue weighted by molar-refractivity contribution is 6.32. The molecule has 0 amide bonds. The molecule has 0 saturated heterocycles. The van der Waals surface area contributed by atoms with Crippen LogP contribution in [-0.4, -0.2) is 18.9 Å². The van der Waals surface area contributed by atoms with E-state index in [1.165, 1.54) is 12.1 Å². The van der Waals surface area contributed by atoms with Gasteiger partial charge in [-0.3, -0.25) is 4.79 Å². The van der Waals surface area contributed by atoms with Crippen LogP contribution < -0.4 is 0 Å². The standard InChI is InChI=1S/C11H11ClO3/c1-3-15-11(14)8-4-9(6-13)7(2)10(12)5-8/h4-6H,3H2,1-2H3. The summed E-state index contributed by atoms with van der Waals surface area (Å²) in [5.41, 5.74) is 1.37. The average molecular weight is 227 g/mol. The van der Waals surface area contributed by atoms with Crippen molar-refractivity contribution < 1.29 is 14.3 Å². The van der Waals surface area contributed by atoms with Crippen LogP contribution in [0.3, 0.4) is 0 Å². The molecule has 1 rings (SSSR count). The Balaban J connectivity index is 3.16. The number of esters is 1. The molecule has 0 fully saturated rings. The molecule has 0 aromatic heterocycles. The summed E-state index contributed by atoms with van der Waals surface area (Å²) in [6.07, 6.45) is 0.671. The molecule has 4 heteroatoms. The van der Waals surface area contributed by atoms with Crippen molar-refractivity contribution in [1.29, 1.82) is 0 Å². The molecule has 0 saturated carbocycles. The van der Waals surface area contributed by atoms with E-state index in [1.54, 1.807) is 13.8 Å². The molecule has 0 radical (unpaired) electrons. The molecule has 0 heterocycles. The Bertz CT molecular complexity index is 399. The fraction of sp³-hybridized carbons (Fsp3) is 0.273. The van der Waals surface area contributed by atoms with Crippen molar-refractivity contribution >= 4 is 23.9 Å². The first-order valence-electron chi connectivity index (χ1n) is 4.52. The van der Waals surface area contributed by atoms with Crippen LogP contribution in [0.1, 0.15) is 33.2 Å². The molecule has 0 aliphatic carbocycles. The van der Waals surface area contributed by atoms with E-state index >= 15 is 0 Å². The first kappa shape index (κ1) is 11.7. The number of aldehydes is 1. The zero-order valence-electron chi connectivity index (χ0n) is 8.54. The minimum Gasteiger partial charge on any atom is -0.462 e. The van der Waals surface area contributed by atoms with Crippen molar-refractivity contribution in [2.24, 2.45) is 0 Å². The number of halogens is 1. The van der Waals surface area contributed by atoms with Gasteiger partial charge in [0.2, 0.25) is 0 Å². The van der Waals surface area contributed by atoms with Crippen molar-refractivity contribution in [1.82, 2.24) is 0 Å². The Hall–Kier alpha value is -1.35. The Morgan fingerprint density at radius 2 is 2.20 bits per heavy atom. The average Bonchev–Trinajstić information content (AvgIpc) is 2.22. The lowest BCUT2D eigenvalue weighted by molar-refractivity contribution is 0.0526. The molecule has 0 unspecified atom stereocenters. The summed E-state index contributed by atoms with van der Waals surface area (Å²) in [6, 6.07) is 2.98. The number of rotatable bonds is 3. The van der Waals surface area contributed by atoms with Gasteiger partial charge in [-0.05, 0) is 31.5 Å². The minimum atomic E-state index is -0.470. The fourth-order valence-corrected chi connectivity index (χ4v) is 1.38. The van der Waals surface area contributed by atoms with E-state index in [1.807, 2.05) is 0 Å². The van der Waals surface area contributed by atoms with Crippen molar-refractivity contribution in [2.75, 3.05) is 6.61 Å². The summed E-state index contributed by atoms with van der Waals surface area (Å²) in [5, 5.41) is 0.391. The summed E-state index contributed by atoms with van der Waals surface area (Å²) in [6.45, 7) is 3.73. The Labute approximate surface area is 93.0 Å². The minimum absolute atomic E-state index is 0.292. The predicted octanol–water partition coefficient (Wildman–Crippen LogP) is 2.64. The van der Waals surface area contributed by atoms with Gasteiger partial charge in [-0.25, -0.2) is 4.79 Å². The molecular formula is C11H11ClO3. The van der Waals surface area contributed by atoms with Crippen LogP contribution in [0.4, 0.5) is 0 Å². The first-order valence-corrected chi connectivity index (χ1v) is 4.90. The maximum absolute atomic E-state index is 11.4. The van der Waals surface area contributed by atoms with Gasteiger partial charge < -0.3 is 4.74 Å². The van der Waals surface area contributed by atoms with Gasteiger partial charge in [0, 0.05) is 10.6 Å². The molecule has 1 aromatic carbocycles. The summed E-state index contributed by atoms with van der Waals surface area (Å²) < 4.78 is 4.81. The van der Waals surface area contributed by atoms with Crippen LogP contribution in [0.2, 0.25) is 5.02 Å². The van der Waals surface area contributed by atoms with Gasteiger partial charge in [-0.2, -0.15) is 0 Å². The maximum Gasteiger partial charge on any atom is 0.338 e. The van der Waals surface area contributed by atoms with E-state index in [-0.39, 0.29) is 0 Å². The molecule has 80 valence electrons. The molecule has 0 atom stereocenters. The SMILES string of the molecule is CCOC(=O)c1cc(Cl)c(C)c(C=O)c1. The monoisotopic (exact) mass is 226 g/mol. The Morgan fingerprint density at radius 1 is 1.53 bits per heavy atom. The van der Waals surface area contributed by atoms with Crippen LogP contribution in [-0.2, 0) is 4.74 Å².